The van der Waals surface area contributed by atoms with E-state index in [1.165, 1.54) is 10.1 Å². The second-order valence-electron chi connectivity index (χ2n) is 8.12. The number of carbonyl (C=O) groups excluding carboxylic acids is 1. The van der Waals surface area contributed by atoms with E-state index < -0.39 is 0 Å². The Bertz CT molecular complexity index is 1610. The van der Waals surface area contributed by atoms with E-state index in [1.807, 2.05) is 61.5 Å². The highest BCUT2D eigenvalue weighted by atomic mass is 32.1. The topological polar surface area (TPSA) is 83.8 Å². The van der Waals surface area contributed by atoms with Gasteiger partial charge in [-0.3, -0.25) is 9.89 Å². The summed E-state index contributed by atoms with van der Waals surface area (Å²) in [5, 5.41) is 16.6. The third kappa shape index (κ3) is 3.56. The molecule has 6 rings (SSSR count). The molecule has 7 heteroatoms. The molecular formula is C27H20N4O2S. The molecule has 0 fully saturated rings. The van der Waals surface area contributed by atoms with Gasteiger partial charge in [0.1, 0.15) is 11.5 Å². The van der Waals surface area contributed by atoms with Crippen LogP contribution in [-0.2, 0) is 6.54 Å². The number of fused-ring (bicyclic) bond motifs is 2. The molecule has 34 heavy (non-hydrogen) atoms. The van der Waals surface area contributed by atoms with Crippen molar-refractivity contribution in [2.24, 2.45) is 0 Å². The second kappa shape index (κ2) is 8.28. The van der Waals surface area contributed by atoms with Crippen LogP contribution in [0.3, 0.4) is 0 Å². The summed E-state index contributed by atoms with van der Waals surface area (Å²) in [5.74, 6) is 0.528. The fourth-order valence-corrected chi connectivity index (χ4v) is 5.28. The Morgan fingerprint density at radius 1 is 1.03 bits per heavy atom. The molecule has 3 aromatic heterocycles. The molecular weight excluding hydrogens is 444 g/mol. The first-order chi connectivity index (χ1) is 16.7. The van der Waals surface area contributed by atoms with Crippen LogP contribution < -0.4 is 5.32 Å². The van der Waals surface area contributed by atoms with Gasteiger partial charge in [-0.05, 0) is 36.6 Å². The largest absolute Gasteiger partial charge is 0.361 e. The molecule has 0 radical (unpaired) electrons. The summed E-state index contributed by atoms with van der Waals surface area (Å²) in [6.45, 7) is 2.18. The van der Waals surface area contributed by atoms with Crippen molar-refractivity contribution < 1.29 is 9.32 Å². The highest BCUT2D eigenvalue weighted by Gasteiger charge is 2.18. The van der Waals surface area contributed by atoms with Gasteiger partial charge < -0.3 is 9.84 Å². The molecule has 3 aromatic carbocycles. The Morgan fingerprint density at radius 3 is 2.71 bits per heavy atom. The van der Waals surface area contributed by atoms with E-state index in [0.29, 0.717) is 17.9 Å². The van der Waals surface area contributed by atoms with Crippen LogP contribution in [0.2, 0.25) is 0 Å². The normalized spacial score (nSPS) is 11.3. The Labute approximate surface area is 199 Å². The summed E-state index contributed by atoms with van der Waals surface area (Å²) >= 11 is 1.70. The van der Waals surface area contributed by atoms with E-state index in [0.717, 1.165) is 38.2 Å². The van der Waals surface area contributed by atoms with Gasteiger partial charge >= 0.3 is 0 Å². The van der Waals surface area contributed by atoms with Crippen molar-refractivity contribution in [1.82, 2.24) is 20.7 Å². The quantitative estimate of drug-likeness (QED) is 0.312. The predicted octanol–water partition coefficient (Wildman–Crippen LogP) is 6.34. The third-order valence-corrected chi connectivity index (χ3v) is 7.11. The van der Waals surface area contributed by atoms with E-state index in [-0.39, 0.29) is 5.91 Å². The molecule has 1 amide bonds. The number of thiophene rings is 1. The highest BCUT2D eigenvalue weighted by molar-refractivity contribution is 7.22. The summed E-state index contributed by atoms with van der Waals surface area (Å²) in [5.41, 5.74) is 5.03. The number of carbonyl (C=O) groups is 1. The number of aryl methyl sites for hydroxylation is 1. The summed E-state index contributed by atoms with van der Waals surface area (Å²) in [4.78, 5) is 14.3. The zero-order valence-corrected chi connectivity index (χ0v) is 19.1. The first-order valence-electron chi connectivity index (χ1n) is 10.9. The molecule has 2 N–H and O–H groups in total. The van der Waals surface area contributed by atoms with Crippen LogP contribution in [-0.4, -0.2) is 21.3 Å². The average molecular weight is 465 g/mol. The maximum Gasteiger partial charge on any atom is 0.251 e. The standard InChI is InChI=1S/C27H20N4O2S/c1-16-22(26(31-33-16)17-7-3-2-4-8-17)15-28-27(32)19-11-20-14-29-30-25(20)21(12-19)24-13-18-9-5-6-10-23(18)34-24/h2-14H,15H2,1H3,(H,28,32)(H,29,30). The molecule has 6 aromatic rings. The molecule has 0 aliphatic rings. The van der Waals surface area contributed by atoms with Crippen LogP contribution in [0.5, 0.6) is 0 Å². The predicted molar refractivity (Wildman–Crippen MR) is 135 cm³/mol. The minimum atomic E-state index is -0.162. The van der Waals surface area contributed by atoms with Gasteiger partial charge in [0.2, 0.25) is 0 Å². The number of rotatable bonds is 5. The van der Waals surface area contributed by atoms with Gasteiger partial charge in [-0.1, -0.05) is 53.7 Å². The summed E-state index contributed by atoms with van der Waals surface area (Å²) in [7, 11) is 0. The Balaban J connectivity index is 1.33. The number of hydrogen-bond donors (Lipinski definition) is 2. The van der Waals surface area contributed by atoms with Crippen LogP contribution in [0, 0.1) is 6.92 Å². The maximum atomic E-state index is 13.2. The first-order valence-corrected chi connectivity index (χ1v) is 11.7. The van der Waals surface area contributed by atoms with Gasteiger partial charge in [0.25, 0.3) is 5.91 Å². The van der Waals surface area contributed by atoms with Crippen molar-refractivity contribution in [1.29, 1.82) is 0 Å². The van der Waals surface area contributed by atoms with Gasteiger partial charge in [0.15, 0.2) is 0 Å². The minimum Gasteiger partial charge on any atom is -0.361 e. The molecule has 0 atom stereocenters. The molecule has 0 bridgehead atoms. The van der Waals surface area contributed by atoms with Crippen molar-refractivity contribution in [3.8, 4) is 21.7 Å². The van der Waals surface area contributed by atoms with Crippen molar-refractivity contribution >= 4 is 38.2 Å². The van der Waals surface area contributed by atoms with Gasteiger partial charge in [0, 0.05) is 43.8 Å². The van der Waals surface area contributed by atoms with Crippen LogP contribution in [0.4, 0.5) is 0 Å². The molecule has 166 valence electrons. The molecule has 6 nitrogen and oxygen atoms in total. The fourth-order valence-electron chi connectivity index (χ4n) is 4.19. The lowest BCUT2D eigenvalue weighted by Gasteiger charge is -2.08. The molecule has 0 aliphatic carbocycles. The number of amides is 1. The third-order valence-electron chi connectivity index (χ3n) is 5.96. The number of H-pyrrole nitrogens is 1. The Hall–Kier alpha value is -4.23. The number of aromatic nitrogens is 3. The summed E-state index contributed by atoms with van der Waals surface area (Å²) in [6.07, 6.45) is 1.75. The smallest absolute Gasteiger partial charge is 0.251 e. The molecule has 0 unspecified atom stereocenters. The van der Waals surface area contributed by atoms with E-state index in [2.05, 4.69) is 38.9 Å². The average Bonchev–Trinajstić information content (AvgIpc) is 3.60. The van der Waals surface area contributed by atoms with Crippen molar-refractivity contribution in [3.63, 3.8) is 0 Å². The van der Waals surface area contributed by atoms with Gasteiger partial charge in [-0.2, -0.15) is 5.10 Å². The molecule has 3 heterocycles. The van der Waals surface area contributed by atoms with Gasteiger partial charge in [0.05, 0.1) is 11.7 Å². The summed E-state index contributed by atoms with van der Waals surface area (Å²) in [6, 6.07) is 24.1. The second-order valence-corrected chi connectivity index (χ2v) is 9.20. The van der Waals surface area contributed by atoms with Gasteiger partial charge in [-0.15, -0.1) is 11.3 Å². The highest BCUT2D eigenvalue weighted by Crippen LogP contribution is 2.37. The Kier molecular flexibility index (Phi) is 4.96. The maximum absolute atomic E-state index is 13.2. The van der Waals surface area contributed by atoms with E-state index in [4.69, 9.17) is 4.52 Å². The lowest BCUT2D eigenvalue weighted by molar-refractivity contribution is 0.0951. The molecule has 0 spiro atoms. The number of hydrogen-bond acceptors (Lipinski definition) is 5. The Morgan fingerprint density at radius 2 is 1.85 bits per heavy atom. The lowest BCUT2D eigenvalue weighted by atomic mass is 10.0. The van der Waals surface area contributed by atoms with Crippen LogP contribution in [0.25, 0.3) is 42.7 Å². The number of nitrogens with zero attached hydrogens (tertiary/aromatic N) is 2. The van der Waals surface area contributed by atoms with Crippen LogP contribution in [0.1, 0.15) is 21.7 Å². The van der Waals surface area contributed by atoms with Crippen LogP contribution >= 0.6 is 11.3 Å². The van der Waals surface area contributed by atoms with Crippen molar-refractivity contribution in [2.45, 2.75) is 13.5 Å². The van der Waals surface area contributed by atoms with E-state index in [9.17, 15) is 4.79 Å². The van der Waals surface area contributed by atoms with Crippen LogP contribution in [0.15, 0.2) is 83.5 Å². The zero-order chi connectivity index (χ0) is 23.1. The molecule has 0 saturated heterocycles. The SMILES string of the molecule is Cc1onc(-c2ccccc2)c1CNC(=O)c1cc(-c2cc3ccccc3s2)c2[nH]ncc2c1. The number of nitrogens with one attached hydrogen (secondary N) is 2. The van der Waals surface area contributed by atoms with E-state index in [1.54, 1.807) is 17.5 Å². The van der Waals surface area contributed by atoms with Crippen molar-refractivity contribution in [2.75, 3.05) is 0 Å². The van der Waals surface area contributed by atoms with Crippen molar-refractivity contribution in [3.05, 3.63) is 95.9 Å². The first kappa shape index (κ1) is 20.4. The minimum absolute atomic E-state index is 0.162. The zero-order valence-electron chi connectivity index (χ0n) is 18.3. The lowest BCUT2D eigenvalue weighted by Crippen LogP contribution is -2.23. The number of benzene rings is 3. The van der Waals surface area contributed by atoms with E-state index >= 15 is 0 Å². The fraction of sp³-hybridized carbons (Fsp3) is 0.0741. The monoisotopic (exact) mass is 464 g/mol. The van der Waals surface area contributed by atoms with Gasteiger partial charge in [-0.25, -0.2) is 0 Å². The number of aromatic amines is 1. The molecule has 0 saturated carbocycles. The summed E-state index contributed by atoms with van der Waals surface area (Å²) < 4.78 is 6.63. The molecule has 0 aliphatic heterocycles.